The average molecular weight is 314 g/mol. The Labute approximate surface area is 127 Å². The largest absolute Gasteiger partial charge is 0.452 e. The van der Waals surface area contributed by atoms with Crippen molar-refractivity contribution in [3.05, 3.63) is 40.7 Å². The minimum Gasteiger partial charge on any atom is -0.452 e. The minimum absolute atomic E-state index is 0.0176. The molecule has 0 radical (unpaired) electrons. The number of halogens is 2. The Morgan fingerprint density at radius 2 is 2.19 bits per heavy atom. The van der Waals surface area contributed by atoms with Gasteiger partial charge in [0.15, 0.2) is 6.61 Å². The SMILES string of the molecule is CC[C@@H](C)NC(=O)COC(=O)/C=C/c1c(F)cccc1Cl. The first-order chi connectivity index (χ1) is 9.93. The summed E-state index contributed by atoms with van der Waals surface area (Å²) in [6, 6.07) is 4.22. The fourth-order valence-corrected chi connectivity index (χ4v) is 1.65. The van der Waals surface area contributed by atoms with E-state index in [1.165, 1.54) is 24.3 Å². The van der Waals surface area contributed by atoms with Crippen LogP contribution < -0.4 is 5.32 Å². The second-order valence-corrected chi connectivity index (χ2v) is 4.86. The number of rotatable bonds is 6. The molecule has 1 aromatic rings. The van der Waals surface area contributed by atoms with Crippen molar-refractivity contribution < 1.29 is 18.7 Å². The molecule has 0 saturated heterocycles. The quantitative estimate of drug-likeness (QED) is 0.649. The van der Waals surface area contributed by atoms with Gasteiger partial charge in [-0.15, -0.1) is 0 Å². The molecule has 6 heteroatoms. The van der Waals surface area contributed by atoms with Crippen LogP contribution in [0.25, 0.3) is 6.08 Å². The van der Waals surface area contributed by atoms with Gasteiger partial charge in [0.1, 0.15) is 5.82 Å². The number of nitrogens with one attached hydrogen (secondary N) is 1. The Hall–Kier alpha value is -1.88. The molecule has 0 fully saturated rings. The monoisotopic (exact) mass is 313 g/mol. The maximum absolute atomic E-state index is 13.4. The molecule has 0 aliphatic rings. The number of amides is 1. The Balaban J connectivity index is 2.51. The van der Waals surface area contributed by atoms with Crippen molar-refractivity contribution in [1.82, 2.24) is 5.32 Å². The molecule has 0 bridgehead atoms. The van der Waals surface area contributed by atoms with E-state index in [1.54, 1.807) is 0 Å². The van der Waals surface area contributed by atoms with Crippen LogP contribution >= 0.6 is 11.6 Å². The Bertz CT molecular complexity index is 525. The maximum Gasteiger partial charge on any atom is 0.331 e. The summed E-state index contributed by atoms with van der Waals surface area (Å²) in [7, 11) is 0. The number of carbonyl (C=O) groups is 2. The van der Waals surface area contributed by atoms with E-state index in [4.69, 9.17) is 16.3 Å². The summed E-state index contributed by atoms with van der Waals surface area (Å²) < 4.78 is 18.2. The molecule has 0 saturated carbocycles. The van der Waals surface area contributed by atoms with Gasteiger partial charge in [-0.1, -0.05) is 24.6 Å². The third kappa shape index (κ3) is 5.95. The van der Waals surface area contributed by atoms with Crippen LogP contribution in [0.2, 0.25) is 5.02 Å². The summed E-state index contributed by atoms with van der Waals surface area (Å²) in [6.45, 7) is 3.40. The van der Waals surface area contributed by atoms with Crippen LogP contribution in [0.1, 0.15) is 25.8 Å². The highest BCUT2D eigenvalue weighted by atomic mass is 35.5. The van der Waals surface area contributed by atoms with E-state index in [0.717, 1.165) is 12.5 Å². The smallest absolute Gasteiger partial charge is 0.331 e. The van der Waals surface area contributed by atoms with Crippen molar-refractivity contribution in [1.29, 1.82) is 0 Å². The topological polar surface area (TPSA) is 55.4 Å². The normalized spacial score (nSPS) is 12.2. The van der Waals surface area contributed by atoms with Gasteiger partial charge in [-0.2, -0.15) is 0 Å². The molecular weight excluding hydrogens is 297 g/mol. The Morgan fingerprint density at radius 1 is 1.48 bits per heavy atom. The van der Waals surface area contributed by atoms with Gasteiger partial charge < -0.3 is 10.1 Å². The number of ether oxygens (including phenoxy) is 1. The number of benzene rings is 1. The predicted molar refractivity (Wildman–Crippen MR) is 79.3 cm³/mol. The van der Waals surface area contributed by atoms with E-state index < -0.39 is 11.8 Å². The molecule has 1 atom stereocenters. The van der Waals surface area contributed by atoms with Crippen molar-refractivity contribution in [2.45, 2.75) is 26.3 Å². The third-order valence-corrected chi connectivity index (χ3v) is 3.08. The van der Waals surface area contributed by atoms with Crippen LogP contribution in [-0.2, 0) is 14.3 Å². The number of hydrogen-bond donors (Lipinski definition) is 1. The molecule has 21 heavy (non-hydrogen) atoms. The maximum atomic E-state index is 13.4. The van der Waals surface area contributed by atoms with E-state index in [9.17, 15) is 14.0 Å². The van der Waals surface area contributed by atoms with Gasteiger partial charge in [0, 0.05) is 17.7 Å². The van der Waals surface area contributed by atoms with E-state index in [2.05, 4.69) is 5.32 Å². The van der Waals surface area contributed by atoms with E-state index in [1.807, 2.05) is 13.8 Å². The molecular formula is C15H17ClFNO3. The summed E-state index contributed by atoms with van der Waals surface area (Å²) in [5.74, 6) is -1.66. The van der Waals surface area contributed by atoms with E-state index in [0.29, 0.717) is 0 Å². The van der Waals surface area contributed by atoms with Crippen molar-refractivity contribution in [3.63, 3.8) is 0 Å². The van der Waals surface area contributed by atoms with Gasteiger partial charge in [-0.25, -0.2) is 9.18 Å². The van der Waals surface area contributed by atoms with E-state index in [-0.39, 0.29) is 29.1 Å². The summed E-state index contributed by atoms with van der Waals surface area (Å²) in [6.07, 6.45) is 3.03. The lowest BCUT2D eigenvalue weighted by molar-refractivity contribution is -0.144. The Morgan fingerprint density at radius 3 is 2.81 bits per heavy atom. The van der Waals surface area contributed by atoms with Gasteiger partial charge in [0.2, 0.25) is 0 Å². The first-order valence-corrected chi connectivity index (χ1v) is 6.90. The zero-order valence-electron chi connectivity index (χ0n) is 11.9. The number of carbonyl (C=O) groups excluding carboxylic acids is 2. The molecule has 0 spiro atoms. The zero-order chi connectivity index (χ0) is 15.8. The lowest BCUT2D eigenvalue weighted by atomic mass is 10.2. The third-order valence-electron chi connectivity index (χ3n) is 2.75. The van der Waals surface area contributed by atoms with Crippen LogP contribution in [0.3, 0.4) is 0 Å². The molecule has 114 valence electrons. The van der Waals surface area contributed by atoms with Crippen LogP contribution in [0, 0.1) is 5.82 Å². The molecule has 1 aromatic carbocycles. The fraction of sp³-hybridized carbons (Fsp3) is 0.333. The first kappa shape index (κ1) is 17.2. The lowest BCUT2D eigenvalue weighted by Gasteiger charge is -2.10. The van der Waals surface area contributed by atoms with Gasteiger partial charge >= 0.3 is 5.97 Å². The minimum atomic E-state index is -0.742. The summed E-state index contributed by atoms with van der Waals surface area (Å²) in [4.78, 5) is 22.8. The van der Waals surface area contributed by atoms with Crippen molar-refractivity contribution in [2.24, 2.45) is 0 Å². The lowest BCUT2D eigenvalue weighted by Crippen LogP contribution is -2.35. The number of hydrogen-bond acceptors (Lipinski definition) is 3. The molecule has 0 unspecified atom stereocenters. The van der Waals surface area contributed by atoms with Gasteiger partial charge in [-0.05, 0) is 31.6 Å². The summed E-state index contributed by atoms with van der Waals surface area (Å²) >= 11 is 5.81. The molecule has 1 N–H and O–H groups in total. The van der Waals surface area contributed by atoms with Crippen LogP contribution in [0.4, 0.5) is 4.39 Å². The second kappa shape index (κ2) is 8.42. The predicted octanol–water partition coefficient (Wildman–Crippen LogP) is 2.95. The molecule has 0 heterocycles. The standard InChI is InChI=1S/C15H17ClFNO3/c1-3-10(2)18-14(19)9-21-15(20)8-7-11-12(16)5-4-6-13(11)17/h4-8,10H,3,9H2,1-2H3,(H,18,19)/b8-7+/t10-/m1/s1. The zero-order valence-corrected chi connectivity index (χ0v) is 12.6. The summed E-state index contributed by atoms with van der Waals surface area (Å²) in [5, 5.41) is 2.84. The highest BCUT2D eigenvalue weighted by Crippen LogP contribution is 2.20. The number of esters is 1. The molecule has 0 aliphatic heterocycles. The van der Waals surface area contributed by atoms with Gasteiger partial charge in [0.05, 0.1) is 5.02 Å². The Kier molecular flexibility index (Phi) is 6.88. The van der Waals surface area contributed by atoms with Crippen LogP contribution in [0.15, 0.2) is 24.3 Å². The molecule has 0 aliphatic carbocycles. The molecule has 4 nitrogen and oxygen atoms in total. The molecule has 1 amide bonds. The van der Waals surface area contributed by atoms with Gasteiger partial charge in [-0.3, -0.25) is 4.79 Å². The average Bonchev–Trinajstić information content (AvgIpc) is 2.44. The van der Waals surface area contributed by atoms with E-state index >= 15 is 0 Å². The first-order valence-electron chi connectivity index (χ1n) is 6.52. The van der Waals surface area contributed by atoms with Crippen LogP contribution in [-0.4, -0.2) is 24.5 Å². The molecule has 0 aromatic heterocycles. The van der Waals surface area contributed by atoms with Crippen molar-refractivity contribution in [3.8, 4) is 0 Å². The summed E-state index contributed by atoms with van der Waals surface area (Å²) in [5.41, 5.74) is 0.0974. The van der Waals surface area contributed by atoms with Crippen LogP contribution in [0.5, 0.6) is 0 Å². The fourth-order valence-electron chi connectivity index (χ4n) is 1.42. The highest BCUT2D eigenvalue weighted by molar-refractivity contribution is 6.32. The van der Waals surface area contributed by atoms with Crippen molar-refractivity contribution >= 4 is 29.6 Å². The van der Waals surface area contributed by atoms with Gasteiger partial charge in [0.25, 0.3) is 5.91 Å². The van der Waals surface area contributed by atoms with Crippen molar-refractivity contribution in [2.75, 3.05) is 6.61 Å². The highest BCUT2D eigenvalue weighted by Gasteiger charge is 2.08. The second-order valence-electron chi connectivity index (χ2n) is 4.45. The molecule has 1 rings (SSSR count).